The molecule has 10 heteroatoms. The largest absolute Gasteiger partial charge is 0.475 e. The lowest BCUT2D eigenvalue weighted by atomic mass is 10.3. The molecule has 0 saturated carbocycles. The summed E-state index contributed by atoms with van der Waals surface area (Å²) in [5.41, 5.74) is 0. The highest BCUT2D eigenvalue weighted by atomic mass is 31.2. The van der Waals surface area contributed by atoms with Gasteiger partial charge < -0.3 is 0 Å². The fraction of sp³-hybridized carbons (Fsp3) is 1.00. The maximum absolute atomic E-state index is 12.3. The molecule has 0 aliphatic heterocycles. The third kappa shape index (κ3) is 8.18. The van der Waals surface area contributed by atoms with Gasteiger partial charge >= 0.3 is 15.6 Å². The lowest BCUT2D eigenvalue weighted by Crippen LogP contribution is -2.26. The molecular weight excluding hydrogens is 334 g/mol. The lowest BCUT2D eigenvalue weighted by molar-refractivity contribution is 0.00807. The first-order chi connectivity index (χ1) is 10.3. The van der Waals surface area contributed by atoms with Crippen LogP contribution < -0.4 is 0 Å². The fourth-order valence-corrected chi connectivity index (χ4v) is 4.22. The molecule has 0 amide bonds. The van der Waals surface area contributed by atoms with Crippen LogP contribution in [0.2, 0.25) is 0 Å². The van der Waals surface area contributed by atoms with Crippen LogP contribution in [0.5, 0.6) is 0 Å². The molecule has 0 aromatic rings. The van der Waals surface area contributed by atoms with E-state index < -0.39 is 27.9 Å². The zero-order valence-electron chi connectivity index (χ0n) is 14.1. The van der Waals surface area contributed by atoms with Gasteiger partial charge in [0, 0.05) is 0 Å². The molecule has 0 aromatic heterocycles. The minimum absolute atomic E-state index is 0.176. The van der Waals surface area contributed by atoms with Gasteiger partial charge in [-0.05, 0) is 41.5 Å². The molecule has 0 rings (SSSR count). The minimum atomic E-state index is -3.68. The highest BCUT2D eigenvalue weighted by Gasteiger charge is 2.35. The van der Waals surface area contributed by atoms with Crippen molar-refractivity contribution in [3.05, 3.63) is 0 Å². The van der Waals surface area contributed by atoms with Crippen LogP contribution in [0.15, 0.2) is 0 Å². The Balaban J connectivity index is 4.78. The van der Waals surface area contributed by atoms with Crippen molar-refractivity contribution in [1.29, 1.82) is 0 Å². The standard InChI is InChI=1S/C12H28O8P2/c1-7-15-21(13,16-8-2)19-11(5)12(6)20-22(14,17-9-3)18-10-4/h11-12H,7-10H2,1-6H3. The van der Waals surface area contributed by atoms with Gasteiger partial charge in [0.1, 0.15) is 0 Å². The van der Waals surface area contributed by atoms with Crippen molar-refractivity contribution in [2.75, 3.05) is 26.4 Å². The van der Waals surface area contributed by atoms with Crippen LogP contribution in [0, 0.1) is 0 Å². The third-order valence-electron chi connectivity index (χ3n) is 2.40. The molecule has 22 heavy (non-hydrogen) atoms. The first kappa shape index (κ1) is 22.2. The van der Waals surface area contributed by atoms with E-state index in [0.717, 1.165) is 0 Å². The van der Waals surface area contributed by atoms with E-state index in [1.807, 2.05) is 0 Å². The van der Waals surface area contributed by atoms with Crippen molar-refractivity contribution in [2.24, 2.45) is 0 Å². The molecule has 0 radical (unpaired) electrons. The van der Waals surface area contributed by atoms with Crippen LogP contribution in [-0.4, -0.2) is 38.6 Å². The van der Waals surface area contributed by atoms with Gasteiger partial charge in [-0.3, -0.25) is 27.1 Å². The normalized spacial score (nSPS) is 15.7. The van der Waals surface area contributed by atoms with E-state index in [2.05, 4.69) is 0 Å². The summed E-state index contributed by atoms with van der Waals surface area (Å²) in [6.07, 6.45) is -1.42. The quantitative estimate of drug-likeness (QED) is 0.451. The van der Waals surface area contributed by atoms with Gasteiger partial charge in [0.05, 0.1) is 38.6 Å². The molecule has 0 fully saturated rings. The number of phosphoric acid groups is 2. The van der Waals surface area contributed by atoms with Gasteiger partial charge in [0.25, 0.3) is 0 Å². The second kappa shape index (κ2) is 10.9. The van der Waals surface area contributed by atoms with Gasteiger partial charge in [-0.1, -0.05) is 0 Å². The van der Waals surface area contributed by atoms with E-state index in [1.165, 1.54) is 0 Å². The number of phosphoric ester groups is 2. The van der Waals surface area contributed by atoms with Crippen LogP contribution >= 0.6 is 15.6 Å². The average Bonchev–Trinajstić information content (AvgIpc) is 2.38. The van der Waals surface area contributed by atoms with Crippen molar-refractivity contribution in [3.8, 4) is 0 Å². The SMILES string of the molecule is CCOP(=O)(OCC)OC(C)C(C)OP(=O)(OCC)OCC. The van der Waals surface area contributed by atoms with Crippen molar-refractivity contribution in [3.63, 3.8) is 0 Å². The average molecular weight is 362 g/mol. The molecule has 0 N–H and O–H groups in total. The summed E-state index contributed by atoms with van der Waals surface area (Å²) in [6, 6.07) is 0. The highest BCUT2D eigenvalue weighted by Crippen LogP contribution is 2.54. The summed E-state index contributed by atoms with van der Waals surface area (Å²) in [5, 5.41) is 0. The molecule has 0 aromatic carbocycles. The zero-order valence-corrected chi connectivity index (χ0v) is 15.9. The Morgan fingerprint density at radius 3 is 1.05 bits per heavy atom. The van der Waals surface area contributed by atoms with Crippen molar-refractivity contribution < 1.29 is 36.3 Å². The second-order valence-corrected chi connectivity index (χ2v) is 7.43. The Morgan fingerprint density at radius 1 is 0.636 bits per heavy atom. The van der Waals surface area contributed by atoms with E-state index in [4.69, 9.17) is 27.1 Å². The summed E-state index contributed by atoms with van der Waals surface area (Å²) < 4.78 is 55.4. The fourth-order valence-electron chi connectivity index (χ4n) is 1.41. The van der Waals surface area contributed by atoms with E-state index in [9.17, 15) is 9.13 Å². The van der Waals surface area contributed by atoms with Crippen molar-refractivity contribution in [2.45, 2.75) is 53.8 Å². The van der Waals surface area contributed by atoms with Crippen molar-refractivity contribution >= 4 is 15.6 Å². The van der Waals surface area contributed by atoms with E-state index >= 15 is 0 Å². The third-order valence-corrected chi connectivity index (χ3v) is 5.88. The highest BCUT2D eigenvalue weighted by molar-refractivity contribution is 7.48. The minimum Gasteiger partial charge on any atom is -0.287 e. The van der Waals surface area contributed by atoms with Crippen molar-refractivity contribution in [1.82, 2.24) is 0 Å². The molecule has 134 valence electrons. The predicted octanol–water partition coefficient (Wildman–Crippen LogP) is 4.16. The summed E-state index contributed by atoms with van der Waals surface area (Å²) in [4.78, 5) is 0. The molecule has 2 unspecified atom stereocenters. The van der Waals surface area contributed by atoms with Gasteiger partial charge in [-0.15, -0.1) is 0 Å². The summed E-state index contributed by atoms with van der Waals surface area (Å²) in [7, 11) is -7.35. The predicted molar refractivity (Wildman–Crippen MR) is 82.8 cm³/mol. The summed E-state index contributed by atoms with van der Waals surface area (Å²) in [6.45, 7) is 10.6. The Bertz CT molecular complexity index is 333. The summed E-state index contributed by atoms with van der Waals surface area (Å²) in [5.74, 6) is 0. The topological polar surface area (TPSA) is 89.5 Å². The molecule has 0 heterocycles. The molecule has 0 bridgehead atoms. The molecular formula is C12H28O8P2. The van der Waals surface area contributed by atoms with E-state index in [-0.39, 0.29) is 26.4 Å². The molecule has 0 spiro atoms. The van der Waals surface area contributed by atoms with Crippen LogP contribution in [0.3, 0.4) is 0 Å². The first-order valence-electron chi connectivity index (χ1n) is 7.40. The van der Waals surface area contributed by atoms with Crippen LogP contribution in [0.25, 0.3) is 0 Å². The number of hydrogen-bond donors (Lipinski definition) is 0. The Hall–Kier alpha value is 0.220. The van der Waals surface area contributed by atoms with E-state index in [0.29, 0.717) is 0 Å². The van der Waals surface area contributed by atoms with Gasteiger partial charge in [0.2, 0.25) is 0 Å². The number of hydrogen-bond acceptors (Lipinski definition) is 8. The van der Waals surface area contributed by atoms with Gasteiger partial charge in [-0.25, -0.2) is 9.13 Å². The van der Waals surface area contributed by atoms with Crippen LogP contribution in [0.4, 0.5) is 0 Å². The number of rotatable bonds is 13. The van der Waals surface area contributed by atoms with Gasteiger partial charge in [0.15, 0.2) is 0 Å². The first-order valence-corrected chi connectivity index (χ1v) is 10.3. The second-order valence-electron chi connectivity index (χ2n) is 4.19. The molecule has 2 atom stereocenters. The van der Waals surface area contributed by atoms with E-state index in [1.54, 1.807) is 41.5 Å². The Kier molecular flexibility index (Phi) is 11.0. The van der Waals surface area contributed by atoms with Gasteiger partial charge in [-0.2, -0.15) is 0 Å². The van der Waals surface area contributed by atoms with Crippen LogP contribution in [0.1, 0.15) is 41.5 Å². The zero-order chi connectivity index (χ0) is 17.2. The lowest BCUT2D eigenvalue weighted by Gasteiger charge is -2.27. The summed E-state index contributed by atoms with van der Waals surface area (Å²) >= 11 is 0. The molecule has 0 aliphatic carbocycles. The van der Waals surface area contributed by atoms with Crippen LogP contribution in [-0.2, 0) is 36.3 Å². The maximum Gasteiger partial charge on any atom is 0.475 e. The smallest absolute Gasteiger partial charge is 0.287 e. The molecule has 0 aliphatic rings. The molecule has 0 saturated heterocycles. The molecule has 8 nitrogen and oxygen atoms in total. The Morgan fingerprint density at radius 2 is 0.864 bits per heavy atom. The monoisotopic (exact) mass is 362 g/mol. The maximum atomic E-state index is 12.3. The Labute approximate surface area is 133 Å².